The number of sulfone groups is 1. The second kappa shape index (κ2) is 7.80. The fourth-order valence-electron chi connectivity index (χ4n) is 4.01. The molecule has 0 spiro atoms. The Hall–Kier alpha value is -1.80. The van der Waals surface area contributed by atoms with Gasteiger partial charge in [0.15, 0.2) is 9.84 Å². The molecule has 0 aromatic heterocycles. The number of aryl methyl sites for hydroxylation is 1. The molecule has 2 aromatic rings. The van der Waals surface area contributed by atoms with Gasteiger partial charge in [-0.2, -0.15) is 0 Å². The summed E-state index contributed by atoms with van der Waals surface area (Å²) in [6.07, 6.45) is 0. The standard InChI is InChI=1S/C21H25ClN2O4S/c1-3-23-4-6-24(7-5-23)17-10-16-13-29(26,27)19-9-15(12-25)8-14(2)20(19)28-21(16)18(22)11-17/h8-11,25H,3-7,12-13H2,1-2H3. The lowest BCUT2D eigenvalue weighted by Crippen LogP contribution is -2.46. The number of halogens is 1. The van der Waals surface area contributed by atoms with Crippen molar-refractivity contribution in [2.45, 2.75) is 31.1 Å². The van der Waals surface area contributed by atoms with Crippen LogP contribution in [0.5, 0.6) is 11.5 Å². The monoisotopic (exact) mass is 436 g/mol. The third kappa shape index (κ3) is 3.84. The molecule has 1 fully saturated rings. The van der Waals surface area contributed by atoms with Crippen LogP contribution in [0.2, 0.25) is 5.02 Å². The Morgan fingerprint density at radius 1 is 1.10 bits per heavy atom. The van der Waals surface area contributed by atoms with Gasteiger partial charge in [0.1, 0.15) is 16.4 Å². The molecule has 2 aliphatic rings. The van der Waals surface area contributed by atoms with E-state index < -0.39 is 9.84 Å². The normalized spacial score (nSPS) is 18.6. The molecule has 4 rings (SSSR count). The smallest absolute Gasteiger partial charge is 0.186 e. The summed E-state index contributed by atoms with van der Waals surface area (Å²) in [5.74, 6) is 0.489. The van der Waals surface area contributed by atoms with Crippen molar-refractivity contribution in [1.82, 2.24) is 4.90 Å². The Labute approximate surface area is 176 Å². The van der Waals surface area contributed by atoms with Crippen LogP contribution in [-0.4, -0.2) is 51.1 Å². The third-order valence-electron chi connectivity index (χ3n) is 5.66. The van der Waals surface area contributed by atoms with Gasteiger partial charge in [-0.3, -0.25) is 0 Å². The van der Waals surface area contributed by atoms with Crippen LogP contribution in [0.25, 0.3) is 0 Å². The minimum atomic E-state index is -3.65. The molecule has 0 unspecified atom stereocenters. The summed E-state index contributed by atoms with van der Waals surface area (Å²) in [5, 5.41) is 9.88. The van der Waals surface area contributed by atoms with Crippen molar-refractivity contribution >= 4 is 27.1 Å². The maximum absolute atomic E-state index is 13.1. The summed E-state index contributed by atoms with van der Waals surface area (Å²) in [4.78, 5) is 4.72. The summed E-state index contributed by atoms with van der Waals surface area (Å²) in [6, 6.07) is 6.96. The summed E-state index contributed by atoms with van der Waals surface area (Å²) in [7, 11) is -3.65. The van der Waals surface area contributed by atoms with E-state index in [0.717, 1.165) is 38.4 Å². The summed E-state index contributed by atoms with van der Waals surface area (Å²) < 4.78 is 32.3. The summed E-state index contributed by atoms with van der Waals surface area (Å²) >= 11 is 6.57. The Bertz CT molecular complexity index is 1050. The minimum Gasteiger partial charge on any atom is -0.454 e. The number of hydrogen-bond donors (Lipinski definition) is 1. The second-order valence-electron chi connectivity index (χ2n) is 7.60. The lowest BCUT2D eigenvalue weighted by molar-refractivity contribution is 0.271. The van der Waals surface area contributed by atoms with Crippen LogP contribution in [0, 0.1) is 6.92 Å². The van der Waals surface area contributed by atoms with Gasteiger partial charge >= 0.3 is 0 Å². The van der Waals surface area contributed by atoms with E-state index in [9.17, 15) is 13.5 Å². The number of rotatable bonds is 3. The van der Waals surface area contributed by atoms with E-state index in [1.54, 1.807) is 13.0 Å². The molecule has 0 bridgehead atoms. The van der Waals surface area contributed by atoms with Gasteiger partial charge in [-0.05, 0) is 48.9 Å². The van der Waals surface area contributed by atoms with Crippen molar-refractivity contribution in [2.75, 3.05) is 37.6 Å². The van der Waals surface area contributed by atoms with Crippen molar-refractivity contribution in [2.24, 2.45) is 0 Å². The molecule has 0 saturated carbocycles. The van der Waals surface area contributed by atoms with Crippen LogP contribution in [0.1, 0.15) is 23.6 Å². The van der Waals surface area contributed by atoms with Gasteiger partial charge in [0.05, 0.1) is 17.4 Å². The first-order valence-electron chi connectivity index (χ1n) is 9.77. The van der Waals surface area contributed by atoms with Crippen LogP contribution in [0.3, 0.4) is 0 Å². The van der Waals surface area contributed by atoms with Crippen LogP contribution in [-0.2, 0) is 22.2 Å². The number of benzene rings is 2. The number of nitrogens with zero attached hydrogens (tertiary/aromatic N) is 2. The highest BCUT2D eigenvalue weighted by Crippen LogP contribution is 2.45. The fraction of sp³-hybridized carbons (Fsp3) is 0.429. The number of aliphatic hydroxyl groups is 1. The van der Waals surface area contributed by atoms with Crippen LogP contribution in [0.4, 0.5) is 5.69 Å². The maximum atomic E-state index is 13.1. The molecule has 8 heteroatoms. The molecular formula is C21H25ClN2O4S. The van der Waals surface area contributed by atoms with Crippen LogP contribution in [0.15, 0.2) is 29.2 Å². The zero-order chi connectivity index (χ0) is 20.8. The highest BCUT2D eigenvalue weighted by Gasteiger charge is 2.31. The lowest BCUT2D eigenvalue weighted by Gasteiger charge is -2.35. The van der Waals surface area contributed by atoms with Crippen LogP contribution >= 0.6 is 11.6 Å². The topological polar surface area (TPSA) is 70.1 Å². The first-order valence-corrected chi connectivity index (χ1v) is 11.8. The predicted molar refractivity (Wildman–Crippen MR) is 114 cm³/mol. The zero-order valence-corrected chi connectivity index (χ0v) is 18.2. The van der Waals surface area contributed by atoms with Crippen molar-refractivity contribution in [3.05, 3.63) is 46.0 Å². The molecule has 0 radical (unpaired) electrons. The van der Waals surface area contributed by atoms with E-state index in [1.165, 1.54) is 6.07 Å². The number of piperazine rings is 1. The summed E-state index contributed by atoms with van der Waals surface area (Å²) in [5.41, 5.74) is 2.67. The number of fused-ring (bicyclic) bond motifs is 2. The molecule has 2 aliphatic heterocycles. The molecule has 156 valence electrons. The minimum absolute atomic E-state index is 0.104. The SMILES string of the molecule is CCN1CCN(c2cc(Cl)c3c(c2)CS(=O)(=O)c2cc(CO)cc(C)c2O3)CC1. The van der Waals surface area contributed by atoms with Gasteiger partial charge in [-0.1, -0.05) is 18.5 Å². The van der Waals surface area contributed by atoms with E-state index in [1.807, 2.05) is 12.1 Å². The van der Waals surface area contributed by atoms with Crippen molar-refractivity contribution in [1.29, 1.82) is 0 Å². The summed E-state index contributed by atoms with van der Waals surface area (Å²) in [6.45, 7) is 8.39. The van der Waals surface area contributed by atoms with Gasteiger partial charge < -0.3 is 19.6 Å². The molecule has 0 amide bonds. The number of aliphatic hydroxyl groups excluding tert-OH is 1. The highest BCUT2D eigenvalue weighted by atomic mass is 35.5. The second-order valence-corrected chi connectivity index (χ2v) is 9.96. The number of likely N-dealkylation sites (N-methyl/N-ethyl adjacent to an activating group) is 1. The highest BCUT2D eigenvalue weighted by molar-refractivity contribution is 7.90. The van der Waals surface area contributed by atoms with Crippen LogP contribution < -0.4 is 9.64 Å². The maximum Gasteiger partial charge on any atom is 0.186 e. The number of ether oxygens (including phenoxy) is 1. The number of anilines is 1. The molecule has 0 atom stereocenters. The molecule has 1 saturated heterocycles. The Morgan fingerprint density at radius 2 is 1.83 bits per heavy atom. The van der Waals surface area contributed by atoms with E-state index in [4.69, 9.17) is 16.3 Å². The largest absolute Gasteiger partial charge is 0.454 e. The van der Waals surface area contributed by atoms with Crippen molar-refractivity contribution < 1.29 is 18.3 Å². The van der Waals surface area contributed by atoms with Gasteiger partial charge in [0.25, 0.3) is 0 Å². The first kappa shape index (κ1) is 20.5. The zero-order valence-electron chi connectivity index (χ0n) is 16.6. The Morgan fingerprint density at radius 3 is 2.48 bits per heavy atom. The van der Waals surface area contributed by atoms with E-state index in [0.29, 0.717) is 27.5 Å². The van der Waals surface area contributed by atoms with E-state index >= 15 is 0 Å². The Kier molecular flexibility index (Phi) is 5.50. The van der Waals surface area contributed by atoms with Crippen molar-refractivity contribution in [3.8, 4) is 11.5 Å². The quantitative estimate of drug-likeness (QED) is 0.795. The molecule has 2 heterocycles. The molecular weight excluding hydrogens is 412 g/mol. The fourth-order valence-corrected chi connectivity index (χ4v) is 5.88. The van der Waals surface area contributed by atoms with Gasteiger partial charge in [0.2, 0.25) is 0 Å². The Balaban J connectivity index is 1.76. The molecule has 2 aromatic carbocycles. The van der Waals surface area contributed by atoms with Gasteiger partial charge in [0, 0.05) is 37.4 Å². The van der Waals surface area contributed by atoms with E-state index in [-0.39, 0.29) is 23.0 Å². The molecule has 1 N–H and O–H groups in total. The predicted octanol–water partition coefficient (Wildman–Crippen LogP) is 3.36. The average molecular weight is 437 g/mol. The average Bonchev–Trinajstić information content (AvgIpc) is 2.82. The third-order valence-corrected chi connectivity index (χ3v) is 7.60. The molecule has 0 aliphatic carbocycles. The van der Waals surface area contributed by atoms with Gasteiger partial charge in [-0.25, -0.2) is 8.42 Å². The lowest BCUT2D eigenvalue weighted by atomic mass is 10.1. The molecule has 6 nitrogen and oxygen atoms in total. The van der Waals surface area contributed by atoms with E-state index in [2.05, 4.69) is 16.7 Å². The van der Waals surface area contributed by atoms with Crippen molar-refractivity contribution in [3.63, 3.8) is 0 Å². The first-order chi connectivity index (χ1) is 13.8. The van der Waals surface area contributed by atoms with Gasteiger partial charge in [-0.15, -0.1) is 0 Å². The molecule has 29 heavy (non-hydrogen) atoms. The number of hydrogen-bond acceptors (Lipinski definition) is 6.